The van der Waals surface area contributed by atoms with Crippen LogP contribution < -0.4 is 10.6 Å². The number of hydrogen-bond donors (Lipinski definition) is 2. The molecule has 0 aromatic heterocycles. The summed E-state index contributed by atoms with van der Waals surface area (Å²) < 4.78 is 0. The Morgan fingerprint density at radius 1 is 1.25 bits per heavy atom. The smallest absolute Gasteiger partial charge is 0.221 e. The highest BCUT2D eigenvalue weighted by Crippen LogP contribution is 1.90. The molecule has 0 rings (SSSR count). The third-order valence-electron chi connectivity index (χ3n) is 2.69. The van der Waals surface area contributed by atoms with Crippen molar-refractivity contribution in [2.24, 2.45) is 0 Å². The molecule has 0 aromatic rings. The molecule has 0 aliphatic rings. The molecule has 0 aromatic carbocycles. The topological polar surface area (TPSA) is 44.4 Å². The minimum atomic E-state index is 0.139. The van der Waals surface area contributed by atoms with Crippen molar-refractivity contribution in [3.05, 3.63) is 0 Å². The maximum atomic E-state index is 11.5. The Bertz CT molecular complexity index is 181. The molecular formula is C12H27N3O. The maximum absolute atomic E-state index is 11.5. The lowest BCUT2D eigenvalue weighted by Crippen LogP contribution is -2.38. The molecule has 1 atom stereocenters. The molecule has 0 radical (unpaired) electrons. The minimum Gasteiger partial charge on any atom is -0.355 e. The molecule has 0 spiro atoms. The number of likely N-dealkylation sites (N-methyl/N-ethyl adjacent to an activating group) is 1. The minimum absolute atomic E-state index is 0.139. The molecule has 1 unspecified atom stereocenters. The molecule has 0 heterocycles. The van der Waals surface area contributed by atoms with E-state index in [1.54, 1.807) is 0 Å². The van der Waals surface area contributed by atoms with E-state index in [1.807, 2.05) is 6.92 Å². The van der Waals surface area contributed by atoms with Crippen molar-refractivity contribution < 1.29 is 4.79 Å². The Balaban J connectivity index is 3.57. The van der Waals surface area contributed by atoms with Gasteiger partial charge in [0.2, 0.25) is 5.91 Å². The summed E-state index contributed by atoms with van der Waals surface area (Å²) in [6.45, 7) is 13.0. The molecule has 0 aliphatic carbocycles. The van der Waals surface area contributed by atoms with Crippen LogP contribution in [0.25, 0.3) is 0 Å². The third kappa shape index (κ3) is 7.65. The van der Waals surface area contributed by atoms with Crippen molar-refractivity contribution in [3.8, 4) is 0 Å². The second-order valence-electron chi connectivity index (χ2n) is 4.04. The lowest BCUT2D eigenvalue weighted by molar-refractivity contribution is -0.121. The van der Waals surface area contributed by atoms with Gasteiger partial charge in [-0.2, -0.15) is 0 Å². The van der Waals surface area contributed by atoms with Gasteiger partial charge in [0, 0.05) is 25.6 Å². The second kappa shape index (κ2) is 9.60. The Hall–Kier alpha value is -0.610. The van der Waals surface area contributed by atoms with Crippen LogP contribution in [0.2, 0.25) is 0 Å². The van der Waals surface area contributed by atoms with Crippen LogP contribution in [0.5, 0.6) is 0 Å². The van der Waals surface area contributed by atoms with Crippen LogP contribution in [-0.4, -0.2) is 49.6 Å². The molecule has 0 saturated carbocycles. The summed E-state index contributed by atoms with van der Waals surface area (Å²) in [5.74, 6) is 0.139. The monoisotopic (exact) mass is 229 g/mol. The van der Waals surface area contributed by atoms with Gasteiger partial charge in [-0.1, -0.05) is 20.8 Å². The van der Waals surface area contributed by atoms with Crippen molar-refractivity contribution >= 4 is 5.91 Å². The van der Waals surface area contributed by atoms with Crippen LogP contribution in [0.4, 0.5) is 0 Å². The van der Waals surface area contributed by atoms with Crippen LogP contribution in [0.15, 0.2) is 0 Å². The van der Waals surface area contributed by atoms with E-state index in [2.05, 4.69) is 36.3 Å². The first-order valence-corrected chi connectivity index (χ1v) is 6.36. The highest BCUT2D eigenvalue weighted by molar-refractivity contribution is 5.76. The molecule has 0 fully saturated rings. The van der Waals surface area contributed by atoms with Crippen LogP contribution in [-0.2, 0) is 4.79 Å². The molecule has 0 saturated heterocycles. The number of rotatable bonds is 9. The van der Waals surface area contributed by atoms with E-state index in [1.165, 1.54) is 0 Å². The van der Waals surface area contributed by atoms with E-state index in [0.29, 0.717) is 6.42 Å². The van der Waals surface area contributed by atoms with Crippen molar-refractivity contribution in [1.29, 1.82) is 0 Å². The van der Waals surface area contributed by atoms with E-state index >= 15 is 0 Å². The summed E-state index contributed by atoms with van der Waals surface area (Å²) in [5.41, 5.74) is 0. The van der Waals surface area contributed by atoms with Gasteiger partial charge in [0.05, 0.1) is 0 Å². The summed E-state index contributed by atoms with van der Waals surface area (Å²) in [6, 6.07) is 0.262. The fourth-order valence-corrected chi connectivity index (χ4v) is 1.66. The number of amides is 1. The second-order valence-corrected chi connectivity index (χ2v) is 4.04. The largest absolute Gasteiger partial charge is 0.355 e. The lowest BCUT2D eigenvalue weighted by atomic mass is 10.2. The molecule has 16 heavy (non-hydrogen) atoms. The normalized spacial score (nSPS) is 12.8. The van der Waals surface area contributed by atoms with E-state index in [-0.39, 0.29) is 11.9 Å². The van der Waals surface area contributed by atoms with Crippen molar-refractivity contribution in [3.63, 3.8) is 0 Å². The molecule has 1 amide bonds. The van der Waals surface area contributed by atoms with Crippen LogP contribution in [0.1, 0.15) is 34.1 Å². The lowest BCUT2D eigenvalue weighted by Gasteiger charge is -2.18. The van der Waals surface area contributed by atoms with E-state index in [9.17, 15) is 4.79 Å². The highest BCUT2D eigenvalue weighted by Gasteiger charge is 2.07. The van der Waals surface area contributed by atoms with Crippen LogP contribution in [0.3, 0.4) is 0 Å². The fraction of sp³-hybridized carbons (Fsp3) is 0.917. The number of carbonyl (C=O) groups excluding carboxylic acids is 1. The summed E-state index contributed by atoms with van der Waals surface area (Å²) in [7, 11) is 0. The predicted octanol–water partition coefficient (Wildman–Crippen LogP) is 0.833. The van der Waals surface area contributed by atoms with Gasteiger partial charge in [0.15, 0.2) is 0 Å². The predicted molar refractivity (Wildman–Crippen MR) is 68.6 cm³/mol. The highest BCUT2D eigenvalue weighted by atomic mass is 16.1. The molecule has 96 valence electrons. The number of nitrogens with zero attached hydrogens (tertiary/aromatic N) is 1. The molecular weight excluding hydrogens is 202 g/mol. The molecule has 4 nitrogen and oxygen atoms in total. The molecule has 4 heteroatoms. The zero-order valence-corrected chi connectivity index (χ0v) is 11.2. The van der Waals surface area contributed by atoms with Crippen LogP contribution in [0, 0.1) is 0 Å². The van der Waals surface area contributed by atoms with Gasteiger partial charge in [0.25, 0.3) is 0 Å². The zero-order valence-electron chi connectivity index (χ0n) is 11.2. The first kappa shape index (κ1) is 15.4. The van der Waals surface area contributed by atoms with Gasteiger partial charge in [0.1, 0.15) is 0 Å². The van der Waals surface area contributed by atoms with Gasteiger partial charge >= 0.3 is 0 Å². The molecule has 0 aliphatic heterocycles. The summed E-state index contributed by atoms with van der Waals surface area (Å²) in [4.78, 5) is 13.8. The van der Waals surface area contributed by atoms with E-state index < -0.39 is 0 Å². The third-order valence-corrected chi connectivity index (χ3v) is 2.69. The quantitative estimate of drug-likeness (QED) is 0.615. The first-order valence-electron chi connectivity index (χ1n) is 6.36. The van der Waals surface area contributed by atoms with Gasteiger partial charge < -0.3 is 15.5 Å². The number of hydrogen-bond acceptors (Lipinski definition) is 3. The van der Waals surface area contributed by atoms with Gasteiger partial charge in [-0.15, -0.1) is 0 Å². The van der Waals surface area contributed by atoms with Crippen molar-refractivity contribution in [2.75, 3.05) is 32.7 Å². The van der Waals surface area contributed by atoms with Gasteiger partial charge in [-0.3, -0.25) is 4.79 Å². The average molecular weight is 229 g/mol. The van der Waals surface area contributed by atoms with Crippen LogP contribution >= 0.6 is 0 Å². The number of nitrogens with one attached hydrogen (secondary N) is 2. The summed E-state index contributed by atoms with van der Waals surface area (Å²) >= 11 is 0. The van der Waals surface area contributed by atoms with Gasteiger partial charge in [-0.05, 0) is 26.6 Å². The van der Waals surface area contributed by atoms with Gasteiger partial charge in [-0.25, -0.2) is 0 Å². The van der Waals surface area contributed by atoms with E-state index in [0.717, 1.165) is 32.7 Å². The fourth-order valence-electron chi connectivity index (χ4n) is 1.66. The maximum Gasteiger partial charge on any atom is 0.221 e. The summed E-state index contributed by atoms with van der Waals surface area (Å²) in [6.07, 6.45) is 0.562. The van der Waals surface area contributed by atoms with E-state index in [4.69, 9.17) is 0 Å². The summed E-state index contributed by atoms with van der Waals surface area (Å²) in [5, 5.41) is 6.18. The average Bonchev–Trinajstić information content (AvgIpc) is 2.24. The Morgan fingerprint density at radius 2 is 1.88 bits per heavy atom. The van der Waals surface area contributed by atoms with Crippen molar-refractivity contribution in [2.45, 2.75) is 40.2 Å². The standard InChI is InChI=1S/C12H27N3O/c1-5-13-11(4)10-12(16)14-8-9-15(6-2)7-3/h11,13H,5-10H2,1-4H3,(H,14,16). The SMILES string of the molecule is CCNC(C)CC(=O)NCCN(CC)CC. The molecule has 0 bridgehead atoms. The Morgan fingerprint density at radius 3 is 2.38 bits per heavy atom. The van der Waals surface area contributed by atoms with Crippen molar-refractivity contribution in [1.82, 2.24) is 15.5 Å². The Labute approximate surface area is 99.8 Å². The zero-order chi connectivity index (χ0) is 12.4. The Kier molecular flexibility index (Phi) is 9.24. The molecule has 2 N–H and O–H groups in total. The number of carbonyl (C=O) groups is 1. The first-order chi connectivity index (χ1) is 7.63.